The van der Waals surface area contributed by atoms with E-state index in [0.717, 1.165) is 0 Å². The summed E-state index contributed by atoms with van der Waals surface area (Å²) in [6.07, 6.45) is -0.102. The van der Waals surface area contributed by atoms with Crippen molar-refractivity contribution in [2.45, 2.75) is 45.3 Å². The van der Waals surface area contributed by atoms with Crippen molar-refractivity contribution in [1.82, 2.24) is 19.5 Å². The Hall–Kier alpha value is -2.10. The third kappa shape index (κ3) is 2.32. The Balaban J connectivity index is 2.05. The molecule has 9 heteroatoms. The third-order valence-corrected chi connectivity index (χ3v) is 3.64. The fraction of sp³-hybridized carbons (Fsp3) is 0.538. The monoisotopic (exact) mass is 306 g/mol. The zero-order chi connectivity index (χ0) is 15.9. The number of hydrazone groups is 1. The molecule has 0 aromatic carbocycles. The van der Waals surface area contributed by atoms with Crippen LogP contribution in [0.5, 0.6) is 0 Å². The molecule has 9 nitrogen and oxygen atoms in total. The molecule has 118 valence electrons. The SMILES string of the molecule is C/C=N\Nc1nc(C)c2ncn([C@@H]3O[C@H](C)C(O)[C@@H]3O)c2n1. The van der Waals surface area contributed by atoms with E-state index in [9.17, 15) is 10.2 Å². The fourth-order valence-electron chi connectivity index (χ4n) is 2.47. The van der Waals surface area contributed by atoms with Gasteiger partial charge in [0.1, 0.15) is 17.7 Å². The molecule has 1 unspecified atom stereocenters. The van der Waals surface area contributed by atoms with Gasteiger partial charge >= 0.3 is 0 Å². The number of ether oxygens (including phenoxy) is 1. The van der Waals surface area contributed by atoms with Gasteiger partial charge in [-0.2, -0.15) is 10.1 Å². The minimum Gasteiger partial charge on any atom is -0.388 e. The Morgan fingerprint density at radius 2 is 2.14 bits per heavy atom. The highest BCUT2D eigenvalue weighted by Gasteiger charge is 2.42. The maximum atomic E-state index is 10.1. The van der Waals surface area contributed by atoms with Crippen LogP contribution in [0.15, 0.2) is 11.4 Å². The van der Waals surface area contributed by atoms with E-state index in [-0.39, 0.29) is 0 Å². The molecule has 4 atom stereocenters. The number of imidazole rings is 1. The van der Waals surface area contributed by atoms with E-state index in [1.54, 1.807) is 24.6 Å². The van der Waals surface area contributed by atoms with Crippen LogP contribution in [0.1, 0.15) is 25.8 Å². The number of nitrogens with zero attached hydrogens (tertiary/aromatic N) is 5. The highest BCUT2D eigenvalue weighted by molar-refractivity contribution is 5.74. The third-order valence-electron chi connectivity index (χ3n) is 3.64. The molecular formula is C13H18N6O3. The molecule has 3 rings (SSSR count). The van der Waals surface area contributed by atoms with Crippen molar-refractivity contribution in [3.63, 3.8) is 0 Å². The molecule has 0 bridgehead atoms. The molecule has 1 aliphatic heterocycles. The lowest BCUT2D eigenvalue weighted by atomic mass is 10.1. The normalized spacial score (nSPS) is 28.8. The first-order valence-electron chi connectivity index (χ1n) is 6.99. The van der Waals surface area contributed by atoms with Crippen LogP contribution in [0.2, 0.25) is 0 Å². The predicted octanol–water partition coefficient (Wildman–Crippen LogP) is 0.191. The van der Waals surface area contributed by atoms with Crippen molar-refractivity contribution in [2.24, 2.45) is 5.10 Å². The van der Waals surface area contributed by atoms with Crippen molar-refractivity contribution < 1.29 is 14.9 Å². The minimum absolute atomic E-state index is 0.325. The average Bonchev–Trinajstić information content (AvgIpc) is 3.02. The fourth-order valence-corrected chi connectivity index (χ4v) is 2.47. The molecule has 3 heterocycles. The number of anilines is 1. The van der Waals surface area contributed by atoms with Crippen LogP contribution in [-0.4, -0.2) is 54.3 Å². The maximum Gasteiger partial charge on any atom is 0.245 e. The number of nitrogens with one attached hydrogen (secondary N) is 1. The number of fused-ring (bicyclic) bond motifs is 1. The Morgan fingerprint density at radius 3 is 2.77 bits per heavy atom. The van der Waals surface area contributed by atoms with Crippen LogP contribution < -0.4 is 5.43 Å². The molecule has 0 saturated carbocycles. The summed E-state index contributed by atoms with van der Waals surface area (Å²) in [5.41, 5.74) is 4.51. The van der Waals surface area contributed by atoms with Gasteiger partial charge in [-0.25, -0.2) is 15.4 Å². The van der Waals surface area contributed by atoms with Gasteiger partial charge in [-0.05, 0) is 20.8 Å². The van der Waals surface area contributed by atoms with Gasteiger partial charge in [-0.3, -0.25) is 4.57 Å². The first-order valence-corrected chi connectivity index (χ1v) is 6.99. The van der Waals surface area contributed by atoms with Gasteiger partial charge in [0.2, 0.25) is 5.95 Å². The van der Waals surface area contributed by atoms with Crippen LogP contribution in [-0.2, 0) is 4.74 Å². The van der Waals surface area contributed by atoms with E-state index < -0.39 is 24.5 Å². The highest BCUT2D eigenvalue weighted by Crippen LogP contribution is 2.31. The second-order valence-corrected chi connectivity index (χ2v) is 5.17. The summed E-state index contributed by atoms with van der Waals surface area (Å²) in [7, 11) is 0. The van der Waals surface area contributed by atoms with Crippen molar-refractivity contribution in [3.8, 4) is 0 Å². The Kier molecular flexibility index (Phi) is 3.77. The quantitative estimate of drug-likeness (QED) is 0.547. The van der Waals surface area contributed by atoms with Gasteiger partial charge in [0.05, 0.1) is 18.1 Å². The van der Waals surface area contributed by atoms with Crippen LogP contribution in [0, 0.1) is 6.92 Å². The molecular weight excluding hydrogens is 288 g/mol. The second-order valence-electron chi connectivity index (χ2n) is 5.17. The average molecular weight is 306 g/mol. The van der Waals surface area contributed by atoms with Crippen LogP contribution in [0.4, 0.5) is 5.95 Å². The molecule has 0 aliphatic carbocycles. The summed E-state index contributed by atoms with van der Waals surface area (Å²) < 4.78 is 7.21. The predicted molar refractivity (Wildman–Crippen MR) is 79.4 cm³/mol. The molecule has 22 heavy (non-hydrogen) atoms. The highest BCUT2D eigenvalue weighted by atomic mass is 16.6. The zero-order valence-corrected chi connectivity index (χ0v) is 12.5. The smallest absolute Gasteiger partial charge is 0.245 e. The van der Waals surface area contributed by atoms with E-state index >= 15 is 0 Å². The van der Waals surface area contributed by atoms with Gasteiger partial charge in [-0.1, -0.05) is 0 Å². The van der Waals surface area contributed by atoms with Gasteiger partial charge in [0.25, 0.3) is 0 Å². The first-order chi connectivity index (χ1) is 10.5. The summed E-state index contributed by atoms with van der Waals surface area (Å²) in [5.74, 6) is 0.325. The lowest BCUT2D eigenvalue weighted by molar-refractivity contribution is -0.0299. The second kappa shape index (κ2) is 5.59. The van der Waals surface area contributed by atoms with Crippen molar-refractivity contribution in [1.29, 1.82) is 0 Å². The number of hydrogen-bond acceptors (Lipinski definition) is 8. The van der Waals surface area contributed by atoms with Gasteiger partial charge in [0.15, 0.2) is 11.9 Å². The molecule has 0 spiro atoms. The van der Waals surface area contributed by atoms with Crippen LogP contribution in [0.25, 0.3) is 11.2 Å². The molecule has 2 aromatic heterocycles. The van der Waals surface area contributed by atoms with Gasteiger partial charge in [-0.15, -0.1) is 0 Å². The number of aliphatic hydroxyl groups excluding tert-OH is 2. The molecule has 1 fully saturated rings. The lowest BCUT2D eigenvalue weighted by Crippen LogP contribution is -2.30. The van der Waals surface area contributed by atoms with E-state index in [4.69, 9.17) is 4.74 Å². The Morgan fingerprint density at radius 1 is 1.36 bits per heavy atom. The summed E-state index contributed by atoms with van der Waals surface area (Å²) in [4.78, 5) is 12.9. The van der Waals surface area contributed by atoms with Crippen molar-refractivity contribution >= 4 is 23.3 Å². The van der Waals surface area contributed by atoms with Gasteiger partial charge < -0.3 is 14.9 Å². The Bertz CT molecular complexity index is 715. The number of aliphatic hydroxyl groups is 2. The molecule has 1 aliphatic rings. The number of aryl methyl sites for hydroxylation is 1. The van der Waals surface area contributed by atoms with Crippen LogP contribution in [0.3, 0.4) is 0 Å². The van der Waals surface area contributed by atoms with E-state index in [2.05, 4.69) is 25.5 Å². The van der Waals surface area contributed by atoms with E-state index in [0.29, 0.717) is 22.8 Å². The minimum atomic E-state index is -1.05. The molecule has 3 N–H and O–H groups in total. The molecule has 1 saturated heterocycles. The summed E-state index contributed by atoms with van der Waals surface area (Å²) >= 11 is 0. The standard InChI is InChI=1S/C13H18N6O3/c1-4-15-18-13-16-6(2)8-11(17-13)19(5-14-8)12-10(21)9(20)7(3)22-12/h4-5,7,9-10,12,20-21H,1-3H3,(H,16,17,18)/b15-4-/t7-,9?,10+,12-/m1/s1. The maximum absolute atomic E-state index is 10.1. The molecule has 0 amide bonds. The summed E-state index contributed by atoms with van der Waals surface area (Å²) in [5, 5.41) is 23.9. The van der Waals surface area contributed by atoms with E-state index in [1.807, 2.05) is 6.92 Å². The largest absolute Gasteiger partial charge is 0.388 e. The topological polar surface area (TPSA) is 118 Å². The first kappa shape index (κ1) is 14.8. The van der Waals surface area contributed by atoms with Crippen LogP contribution >= 0.6 is 0 Å². The lowest BCUT2D eigenvalue weighted by Gasteiger charge is -2.16. The number of rotatable bonds is 3. The summed E-state index contributed by atoms with van der Waals surface area (Å²) in [6, 6.07) is 0. The number of aromatic nitrogens is 4. The zero-order valence-electron chi connectivity index (χ0n) is 12.5. The number of hydrogen-bond donors (Lipinski definition) is 3. The van der Waals surface area contributed by atoms with E-state index in [1.165, 1.54) is 6.33 Å². The Labute approximate surface area is 126 Å². The molecule has 0 radical (unpaired) electrons. The van der Waals surface area contributed by atoms with Crippen molar-refractivity contribution in [2.75, 3.05) is 5.43 Å². The van der Waals surface area contributed by atoms with Gasteiger partial charge in [0, 0.05) is 6.21 Å². The van der Waals surface area contributed by atoms with Crippen molar-refractivity contribution in [3.05, 3.63) is 12.0 Å². The molecule has 2 aromatic rings. The summed E-state index contributed by atoms with van der Waals surface area (Å²) in [6.45, 7) is 5.29.